The summed E-state index contributed by atoms with van der Waals surface area (Å²) in [4.78, 5) is 0. The SMILES string of the molecule is CCC(C)(C)C.CCC(C)OC.CCC1(OC)CC1.CCCCCOC.CCCOC.CCOC. The number of hydrogen-bond acceptors (Lipinski definition) is 5. The lowest BCUT2D eigenvalue weighted by Crippen LogP contribution is -2.07. The van der Waals surface area contributed by atoms with E-state index in [0.717, 1.165) is 32.7 Å². The van der Waals surface area contributed by atoms with Gasteiger partial charge in [-0.1, -0.05) is 74.7 Å². The predicted octanol–water partition coefficient (Wildman–Crippen LogP) is 8.97. The zero-order valence-electron chi connectivity index (χ0n) is 27.1. The number of rotatable bonds is 11. The van der Waals surface area contributed by atoms with Gasteiger partial charge >= 0.3 is 0 Å². The second-order valence-electron chi connectivity index (χ2n) is 9.88. The summed E-state index contributed by atoms with van der Waals surface area (Å²) < 4.78 is 24.2. The molecule has 5 nitrogen and oxygen atoms in total. The van der Waals surface area contributed by atoms with Gasteiger partial charge in [-0.25, -0.2) is 0 Å². The molecular formula is C30H70O5. The van der Waals surface area contributed by atoms with Gasteiger partial charge in [0.1, 0.15) is 0 Å². The predicted molar refractivity (Wildman–Crippen MR) is 157 cm³/mol. The minimum absolute atomic E-state index is 0.333. The van der Waals surface area contributed by atoms with Crippen LogP contribution >= 0.6 is 0 Å². The number of ether oxygens (including phenoxy) is 5. The van der Waals surface area contributed by atoms with Gasteiger partial charge in [-0.2, -0.15) is 0 Å². The average molecular weight is 511 g/mol. The van der Waals surface area contributed by atoms with E-state index in [1.165, 1.54) is 44.9 Å². The molecule has 0 N–H and O–H groups in total. The summed E-state index contributed by atoms with van der Waals surface area (Å²) in [6.45, 7) is 24.1. The normalized spacial score (nSPS) is 13.5. The molecule has 1 atom stereocenters. The van der Waals surface area contributed by atoms with Crippen molar-refractivity contribution < 1.29 is 23.7 Å². The molecule has 1 aliphatic rings. The lowest BCUT2D eigenvalue weighted by Gasteiger charge is -2.12. The van der Waals surface area contributed by atoms with Crippen LogP contribution in [0.15, 0.2) is 0 Å². The fraction of sp³-hybridized carbons (Fsp3) is 1.00. The van der Waals surface area contributed by atoms with E-state index in [4.69, 9.17) is 18.9 Å². The Hall–Kier alpha value is -0.200. The van der Waals surface area contributed by atoms with Crippen molar-refractivity contribution in [3.05, 3.63) is 0 Å². The van der Waals surface area contributed by atoms with Gasteiger partial charge in [0, 0.05) is 55.4 Å². The van der Waals surface area contributed by atoms with E-state index < -0.39 is 0 Å². The molecule has 0 radical (unpaired) electrons. The maximum Gasteiger partial charge on any atom is 0.0678 e. The van der Waals surface area contributed by atoms with Gasteiger partial charge in [-0.15, -0.1) is 0 Å². The van der Waals surface area contributed by atoms with Crippen molar-refractivity contribution in [2.45, 2.75) is 139 Å². The monoisotopic (exact) mass is 511 g/mol. The topological polar surface area (TPSA) is 46.2 Å². The standard InChI is InChI=1S/C6H12O.C6H14O.C6H14.C5H12O.C4H10O.C3H8O/c1-3-6(7-2)4-5-6;1-3-4-5-6-7-2;1-5-6(2,3)4;1-4-5(2)6-3;1-3-4-5-2;1-3-4-2/h3-5H2,1-2H3;3-6H2,1-2H3;5H2,1-4H3;5H,4H2,1-3H3;3-4H2,1-2H3;3H2,1-2H3. The molecular weight excluding hydrogens is 440 g/mol. The van der Waals surface area contributed by atoms with Crippen molar-refractivity contribution in [2.24, 2.45) is 5.41 Å². The second kappa shape index (κ2) is 36.0. The van der Waals surface area contributed by atoms with Crippen LogP contribution in [0.2, 0.25) is 0 Å². The Kier molecular flexibility index (Phi) is 46.0. The zero-order chi connectivity index (χ0) is 28.6. The Balaban J connectivity index is -0.000000104. The van der Waals surface area contributed by atoms with E-state index in [1.807, 2.05) is 6.92 Å². The minimum Gasteiger partial charge on any atom is -0.385 e. The van der Waals surface area contributed by atoms with E-state index >= 15 is 0 Å². The number of unbranched alkanes of at least 4 members (excludes halogenated alkanes) is 2. The van der Waals surface area contributed by atoms with E-state index in [-0.39, 0.29) is 0 Å². The fourth-order valence-electron chi connectivity index (χ4n) is 1.71. The smallest absolute Gasteiger partial charge is 0.0678 e. The Bertz CT molecular complexity index is 307. The van der Waals surface area contributed by atoms with Crippen molar-refractivity contribution in [3.8, 4) is 0 Å². The third-order valence-corrected chi connectivity index (χ3v) is 5.57. The molecule has 0 heterocycles. The van der Waals surface area contributed by atoms with Crippen LogP contribution < -0.4 is 0 Å². The molecule has 1 aliphatic carbocycles. The first-order valence-corrected chi connectivity index (χ1v) is 14.0. The van der Waals surface area contributed by atoms with E-state index in [2.05, 4.69) is 67.1 Å². The van der Waals surface area contributed by atoms with E-state index in [9.17, 15) is 0 Å². The molecule has 5 heteroatoms. The summed E-state index contributed by atoms with van der Waals surface area (Å²) in [7, 11) is 8.67. The van der Waals surface area contributed by atoms with Crippen molar-refractivity contribution in [1.82, 2.24) is 0 Å². The van der Waals surface area contributed by atoms with Gasteiger partial charge < -0.3 is 23.7 Å². The minimum atomic E-state index is 0.333. The quantitative estimate of drug-likeness (QED) is 0.259. The van der Waals surface area contributed by atoms with Gasteiger partial charge in [0.05, 0.1) is 11.7 Å². The molecule has 0 saturated heterocycles. The maximum atomic E-state index is 5.20. The average Bonchev–Trinajstić information content (AvgIpc) is 3.66. The van der Waals surface area contributed by atoms with E-state index in [1.54, 1.807) is 35.5 Å². The summed E-state index contributed by atoms with van der Waals surface area (Å²) in [6.07, 6.45) is 11.5. The molecule has 1 fully saturated rings. The van der Waals surface area contributed by atoms with Gasteiger partial charge in [0.2, 0.25) is 0 Å². The second-order valence-corrected chi connectivity index (χ2v) is 9.88. The molecule has 1 rings (SSSR count). The molecule has 1 unspecified atom stereocenters. The Morgan fingerprint density at radius 3 is 1.26 bits per heavy atom. The molecule has 0 bridgehead atoms. The summed E-state index contributed by atoms with van der Waals surface area (Å²) in [6, 6.07) is 0. The first-order chi connectivity index (χ1) is 16.4. The highest BCUT2D eigenvalue weighted by Gasteiger charge is 2.40. The van der Waals surface area contributed by atoms with Crippen LogP contribution in [0, 0.1) is 5.41 Å². The maximum absolute atomic E-state index is 5.20. The van der Waals surface area contributed by atoms with Crippen molar-refractivity contribution in [1.29, 1.82) is 0 Å². The third-order valence-electron chi connectivity index (χ3n) is 5.57. The lowest BCUT2D eigenvalue weighted by atomic mass is 9.94. The summed E-state index contributed by atoms with van der Waals surface area (Å²) in [5, 5.41) is 0. The third kappa shape index (κ3) is 55.6. The van der Waals surface area contributed by atoms with Gasteiger partial charge in [0.25, 0.3) is 0 Å². The van der Waals surface area contributed by atoms with Crippen LogP contribution in [0.3, 0.4) is 0 Å². The summed E-state index contributed by atoms with van der Waals surface area (Å²) in [5.41, 5.74) is 0.875. The molecule has 0 aromatic rings. The molecule has 0 spiro atoms. The first-order valence-electron chi connectivity index (χ1n) is 14.0. The van der Waals surface area contributed by atoms with Crippen LogP contribution in [0.25, 0.3) is 0 Å². The number of methoxy groups -OCH3 is 5. The molecule has 0 aromatic heterocycles. The lowest BCUT2D eigenvalue weighted by molar-refractivity contribution is 0.0772. The molecule has 220 valence electrons. The number of hydrogen-bond donors (Lipinski definition) is 0. The van der Waals surface area contributed by atoms with Crippen molar-refractivity contribution in [3.63, 3.8) is 0 Å². The summed E-state index contributed by atoms with van der Waals surface area (Å²) >= 11 is 0. The van der Waals surface area contributed by atoms with Crippen LogP contribution in [-0.4, -0.2) is 67.1 Å². The highest BCUT2D eigenvalue weighted by atomic mass is 16.5. The van der Waals surface area contributed by atoms with Gasteiger partial charge in [0.15, 0.2) is 0 Å². The fourth-order valence-corrected chi connectivity index (χ4v) is 1.71. The van der Waals surface area contributed by atoms with E-state index in [0.29, 0.717) is 17.1 Å². The molecule has 0 amide bonds. The largest absolute Gasteiger partial charge is 0.385 e. The summed E-state index contributed by atoms with van der Waals surface area (Å²) in [5.74, 6) is 0. The van der Waals surface area contributed by atoms with Crippen molar-refractivity contribution >= 4 is 0 Å². The highest BCUT2D eigenvalue weighted by molar-refractivity contribution is 4.93. The van der Waals surface area contributed by atoms with Crippen LogP contribution in [0.5, 0.6) is 0 Å². The highest BCUT2D eigenvalue weighted by Crippen LogP contribution is 2.41. The Morgan fingerprint density at radius 1 is 0.714 bits per heavy atom. The Labute approximate surface area is 223 Å². The zero-order valence-corrected chi connectivity index (χ0v) is 27.1. The van der Waals surface area contributed by atoms with Crippen LogP contribution in [0.4, 0.5) is 0 Å². The molecule has 35 heavy (non-hydrogen) atoms. The van der Waals surface area contributed by atoms with Crippen LogP contribution in [0.1, 0.15) is 127 Å². The molecule has 0 aliphatic heterocycles. The van der Waals surface area contributed by atoms with Crippen molar-refractivity contribution in [2.75, 3.05) is 55.4 Å². The first kappa shape index (κ1) is 44.8. The van der Waals surface area contributed by atoms with Gasteiger partial charge in [-0.3, -0.25) is 0 Å². The van der Waals surface area contributed by atoms with Crippen LogP contribution in [-0.2, 0) is 23.7 Å². The molecule has 0 aromatic carbocycles. The molecule has 1 saturated carbocycles. The Morgan fingerprint density at radius 2 is 1.17 bits per heavy atom. The van der Waals surface area contributed by atoms with Gasteiger partial charge in [-0.05, 0) is 57.8 Å².